The summed E-state index contributed by atoms with van der Waals surface area (Å²) in [6.07, 6.45) is -1.05. The van der Waals surface area contributed by atoms with Crippen LogP contribution in [-0.2, 0) is 23.9 Å². The maximum atomic E-state index is 13.1. The standard InChI is InChI=1S/C20H18F3N3O/c1-25(14-16-7-5-6-10-18(16)20(21,22)23)19(27)11-15-12-24-26(13-15)17-8-3-2-4-9-17/h2-10,12-13H,11,14H2,1H3. The summed E-state index contributed by atoms with van der Waals surface area (Å²) < 4.78 is 40.9. The molecule has 1 aromatic heterocycles. The number of hydrogen-bond donors (Lipinski definition) is 0. The summed E-state index contributed by atoms with van der Waals surface area (Å²) in [7, 11) is 1.50. The van der Waals surface area contributed by atoms with Crippen LogP contribution < -0.4 is 0 Å². The fourth-order valence-electron chi connectivity index (χ4n) is 2.76. The molecule has 0 spiro atoms. The highest BCUT2D eigenvalue weighted by atomic mass is 19.4. The van der Waals surface area contributed by atoms with Crippen LogP contribution in [0.5, 0.6) is 0 Å². The van der Waals surface area contributed by atoms with E-state index in [2.05, 4.69) is 5.10 Å². The Kier molecular flexibility index (Phi) is 5.30. The van der Waals surface area contributed by atoms with E-state index >= 15 is 0 Å². The number of nitrogens with zero attached hydrogens (tertiary/aromatic N) is 3. The summed E-state index contributed by atoms with van der Waals surface area (Å²) in [4.78, 5) is 13.7. The third-order valence-electron chi connectivity index (χ3n) is 4.17. The first-order valence-electron chi connectivity index (χ1n) is 8.32. The van der Waals surface area contributed by atoms with Crippen LogP contribution in [0.25, 0.3) is 5.69 Å². The third-order valence-corrected chi connectivity index (χ3v) is 4.17. The number of aromatic nitrogens is 2. The van der Waals surface area contributed by atoms with E-state index in [0.717, 1.165) is 11.8 Å². The number of alkyl halides is 3. The average Bonchev–Trinajstić information content (AvgIpc) is 3.10. The molecule has 0 N–H and O–H groups in total. The van der Waals surface area contributed by atoms with Crippen LogP contribution in [0.15, 0.2) is 67.0 Å². The molecule has 0 radical (unpaired) electrons. The number of carbonyl (C=O) groups is 1. The molecule has 1 amide bonds. The van der Waals surface area contributed by atoms with Crippen LogP contribution >= 0.6 is 0 Å². The quantitative estimate of drug-likeness (QED) is 0.676. The summed E-state index contributed by atoms with van der Waals surface area (Å²) in [5.74, 6) is -0.278. The van der Waals surface area contributed by atoms with Gasteiger partial charge in [-0.1, -0.05) is 36.4 Å². The molecule has 7 heteroatoms. The molecule has 0 aliphatic carbocycles. The van der Waals surface area contributed by atoms with Gasteiger partial charge in [0.05, 0.1) is 23.9 Å². The molecule has 0 saturated carbocycles. The summed E-state index contributed by atoms with van der Waals surface area (Å²) in [6.45, 7) is -0.110. The van der Waals surface area contributed by atoms with E-state index in [1.807, 2.05) is 30.3 Å². The molecular weight excluding hydrogens is 355 g/mol. The number of rotatable bonds is 5. The van der Waals surface area contributed by atoms with Gasteiger partial charge in [0.1, 0.15) is 0 Å². The molecule has 0 aliphatic rings. The second-order valence-electron chi connectivity index (χ2n) is 6.21. The number of amides is 1. The van der Waals surface area contributed by atoms with Gasteiger partial charge in [-0.2, -0.15) is 18.3 Å². The van der Waals surface area contributed by atoms with Gasteiger partial charge < -0.3 is 4.90 Å². The van der Waals surface area contributed by atoms with Crippen molar-refractivity contribution in [2.24, 2.45) is 0 Å². The zero-order chi connectivity index (χ0) is 19.4. The SMILES string of the molecule is CN(Cc1ccccc1C(F)(F)F)C(=O)Cc1cnn(-c2ccccc2)c1. The first-order chi connectivity index (χ1) is 12.8. The molecule has 1 heterocycles. The van der Waals surface area contributed by atoms with Crippen molar-refractivity contribution >= 4 is 5.91 Å². The van der Waals surface area contributed by atoms with E-state index in [9.17, 15) is 18.0 Å². The zero-order valence-corrected chi connectivity index (χ0v) is 14.6. The summed E-state index contributed by atoms with van der Waals surface area (Å²) in [5.41, 5.74) is 0.908. The molecule has 0 bridgehead atoms. The highest BCUT2D eigenvalue weighted by Crippen LogP contribution is 2.32. The van der Waals surface area contributed by atoms with Crippen LogP contribution in [0.1, 0.15) is 16.7 Å². The Hall–Kier alpha value is -3.09. The Morgan fingerprint density at radius 1 is 1.07 bits per heavy atom. The molecule has 4 nitrogen and oxygen atoms in total. The molecule has 3 rings (SSSR count). The molecule has 0 aliphatic heterocycles. The Labute approximate surface area is 154 Å². The minimum Gasteiger partial charge on any atom is -0.341 e. The van der Waals surface area contributed by atoms with Gasteiger partial charge in [-0.3, -0.25) is 4.79 Å². The zero-order valence-electron chi connectivity index (χ0n) is 14.6. The lowest BCUT2D eigenvalue weighted by atomic mass is 10.1. The summed E-state index contributed by atoms with van der Waals surface area (Å²) in [5, 5.41) is 4.23. The van der Waals surface area contributed by atoms with Crippen molar-refractivity contribution in [3.63, 3.8) is 0 Å². The molecule has 0 fully saturated rings. The summed E-state index contributed by atoms with van der Waals surface area (Å²) >= 11 is 0. The van der Waals surface area contributed by atoms with Gasteiger partial charge >= 0.3 is 6.18 Å². The summed E-state index contributed by atoms with van der Waals surface area (Å²) in [6, 6.07) is 14.7. The monoisotopic (exact) mass is 373 g/mol. The van der Waals surface area contributed by atoms with E-state index in [1.54, 1.807) is 17.1 Å². The molecule has 140 valence electrons. The van der Waals surface area contributed by atoms with Gasteiger partial charge in [0.25, 0.3) is 0 Å². The molecule has 0 atom stereocenters. The van der Waals surface area contributed by atoms with Crippen LogP contribution in [0.3, 0.4) is 0 Å². The van der Waals surface area contributed by atoms with E-state index < -0.39 is 11.7 Å². The van der Waals surface area contributed by atoms with Crippen molar-refractivity contribution < 1.29 is 18.0 Å². The number of likely N-dealkylation sites (N-methyl/N-ethyl adjacent to an activating group) is 1. The number of hydrogen-bond acceptors (Lipinski definition) is 2. The van der Waals surface area contributed by atoms with Crippen molar-refractivity contribution in [2.45, 2.75) is 19.1 Å². The fourth-order valence-corrected chi connectivity index (χ4v) is 2.76. The van der Waals surface area contributed by atoms with Crippen LogP contribution in [0.2, 0.25) is 0 Å². The van der Waals surface area contributed by atoms with Crippen molar-refractivity contribution in [3.05, 3.63) is 83.7 Å². The molecule has 2 aromatic carbocycles. The van der Waals surface area contributed by atoms with Crippen molar-refractivity contribution in [1.29, 1.82) is 0 Å². The van der Waals surface area contributed by atoms with E-state index in [-0.39, 0.29) is 24.4 Å². The largest absolute Gasteiger partial charge is 0.416 e. The molecule has 27 heavy (non-hydrogen) atoms. The number of para-hydroxylation sites is 1. The predicted octanol–water partition coefficient (Wildman–Crippen LogP) is 4.09. The minimum atomic E-state index is -4.45. The smallest absolute Gasteiger partial charge is 0.341 e. The van der Waals surface area contributed by atoms with Gasteiger partial charge in [0.2, 0.25) is 5.91 Å². The Bertz CT molecular complexity index is 919. The maximum absolute atomic E-state index is 13.1. The third kappa shape index (κ3) is 4.55. The van der Waals surface area contributed by atoms with E-state index in [4.69, 9.17) is 0 Å². The highest BCUT2D eigenvalue weighted by molar-refractivity contribution is 5.78. The normalized spacial score (nSPS) is 11.4. The van der Waals surface area contributed by atoms with Gasteiger partial charge in [-0.25, -0.2) is 4.68 Å². The van der Waals surface area contributed by atoms with Crippen LogP contribution in [0.4, 0.5) is 13.2 Å². The van der Waals surface area contributed by atoms with Gasteiger partial charge in [0, 0.05) is 19.8 Å². The number of halogens is 3. The number of carbonyl (C=O) groups excluding carboxylic acids is 1. The average molecular weight is 373 g/mol. The second kappa shape index (κ2) is 7.65. The topological polar surface area (TPSA) is 38.1 Å². The lowest BCUT2D eigenvalue weighted by Crippen LogP contribution is -2.28. The molecular formula is C20H18F3N3O. The Balaban J connectivity index is 1.68. The van der Waals surface area contributed by atoms with E-state index in [0.29, 0.717) is 5.56 Å². The molecule has 0 saturated heterocycles. The highest BCUT2D eigenvalue weighted by Gasteiger charge is 2.33. The minimum absolute atomic E-state index is 0.0670. The molecule has 3 aromatic rings. The Morgan fingerprint density at radius 3 is 2.44 bits per heavy atom. The maximum Gasteiger partial charge on any atom is 0.416 e. The Morgan fingerprint density at radius 2 is 1.74 bits per heavy atom. The van der Waals surface area contributed by atoms with Crippen LogP contribution in [-0.4, -0.2) is 27.6 Å². The predicted molar refractivity (Wildman–Crippen MR) is 95.2 cm³/mol. The fraction of sp³-hybridized carbons (Fsp3) is 0.200. The van der Waals surface area contributed by atoms with Gasteiger partial charge in [-0.05, 0) is 29.3 Å². The lowest BCUT2D eigenvalue weighted by molar-refractivity contribution is -0.139. The van der Waals surface area contributed by atoms with Gasteiger partial charge in [-0.15, -0.1) is 0 Å². The molecule has 0 unspecified atom stereocenters. The lowest BCUT2D eigenvalue weighted by Gasteiger charge is -2.20. The second-order valence-corrected chi connectivity index (χ2v) is 6.21. The van der Waals surface area contributed by atoms with Crippen molar-refractivity contribution in [3.8, 4) is 5.69 Å². The first kappa shape index (κ1) is 18.7. The van der Waals surface area contributed by atoms with Crippen molar-refractivity contribution in [2.75, 3.05) is 7.05 Å². The first-order valence-corrected chi connectivity index (χ1v) is 8.32. The van der Waals surface area contributed by atoms with Crippen LogP contribution in [0, 0.1) is 0 Å². The van der Waals surface area contributed by atoms with E-state index in [1.165, 1.54) is 30.1 Å². The van der Waals surface area contributed by atoms with Gasteiger partial charge in [0.15, 0.2) is 0 Å². The van der Waals surface area contributed by atoms with Crippen molar-refractivity contribution in [1.82, 2.24) is 14.7 Å². The number of benzene rings is 2.